The summed E-state index contributed by atoms with van der Waals surface area (Å²) in [4.78, 5) is 0. The van der Waals surface area contributed by atoms with Gasteiger partial charge in [0.05, 0.1) is 15.9 Å². The van der Waals surface area contributed by atoms with E-state index in [4.69, 9.17) is 5.84 Å². The van der Waals surface area contributed by atoms with Crippen molar-refractivity contribution in [2.45, 2.75) is 32.7 Å². The number of halogens is 1. The summed E-state index contributed by atoms with van der Waals surface area (Å²) in [5.41, 5.74) is 7.65. The highest BCUT2D eigenvalue weighted by Gasteiger charge is 2.16. The van der Waals surface area contributed by atoms with Crippen LogP contribution in [0.1, 0.15) is 22.5 Å². The highest BCUT2D eigenvalue weighted by Crippen LogP contribution is 2.22. The van der Waals surface area contributed by atoms with Crippen LogP contribution >= 0.6 is 15.9 Å². The largest absolute Gasteiger partial charge is 0.271 e. The molecule has 108 valence electrons. The Balaban J connectivity index is 2.11. The van der Waals surface area contributed by atoms with Crippen LogP contribution in [0, 0.1) is 13.8 Å². The van der Waals surface area contributed by atoms with E-state index in [1.807, 2.05) is 18.7 Å². The molecule has 0 aliphatic rings. The highest BCUT2D eigenvalue weighted by atomic mass is 79.9. The molecule has 3 N–H and O–H groups in total. The maximum Gasteiger partial charge on any atom is 0.0738 e. The second kappa shape index (κ2) is 6.52. The summed E-state index contributed by atoms with van der Waals surface area (Å²) in [5.74, 6) is 5.71. The SMILES string of the molecule is Cc1ccc(CC(Cc2c(Br)c(C)nn2C)NN)cc1. The minimum Gasteiger partial charge on any atom is -0.271 e. The van der Waals surface area contributed by atoms with Crippen LogP contribution in [0.15, 0.2) is 28.7 Å². The molecule has 0 saturated carbocycles. The number of nitrogens with zero attached hydrogens (tertiary/aromatic N) is 2. The molecule has 2 aromatic rings. The van der Waals surface area contributed by atoms with Crippen LogP contribution in [0.2, 0.25) is 0 Å². The summed E-state index contributed by atoms with van der Waals surface area (Å²) in [6.45, 7) is 4.09. The van der Waals surface area contributed by atoms with Crippen LogP contribution in [0.4, 0.5) is 0 Å². The van der Waals surface area contributed by atoms with E-state index in [0.29, 0.717) is 0 Å². The molecule has 1 unspecified atom stereocenters. The zero-order valence-electron chi connectivity index (χ0n) is 12.2. The van der Waals surface area contributed by atoms with Gasteiger partial charge in [0.1, 0.15) is 0 Å². The van der Waals surface area contributed by atoms with Gasteiger partial charge in [0.2, 0.25) is 0 Å². The standard InChI is InChI=1S/C15H21BrN4/c1-10-4-6-12(7-5-10)8-13(18-17)9-14-15(16)11(2)19-20(14)3/h4-7,13,18H,8-9,17H2,1-3H3. The van der Waals surface area contributed by atoms with Gasteiger partial charge in [-0.3, -0.25) is 16.0 Å². The molecule has 0 fully saturated rings. The molecule has 0 spiro atoms. The van der Waals surface area contributed by atoms with Crippen LogP contribution in [0.25, 0.3) is 0 Å². The third-order valence-electron chi connectivity index (χ3n) is 3.54. The Labute approximate surface area is 128 Å². The first-order valence-electron chi connectivity index (χ1n) is 6.71. The van der Waals surface area contributed by atoms with Gasteiger partial charge in [-0.25, -0.2) is 0 Å². The molecule has 0 amide bonds. The average molecular weight is 337 g/mol. The normalized spacial score (nSPS) is 12.7. The summed E-state index contributed by atoms with van der Waals surface area (Å²) >= 11 is 3.60. The molecule has 1 atom stereocenters. The fourth-order valence-corrected chi connectivity index (χ4v) is 2.83. The van der Waals surface area contributed by atoms with E-state index in [-0.39, 0.29) is 6.04 Å². The second-order valence-corrected chi connectivity index (χ2v) is 6.02. The van der Waals surface area contributed by atoms with Crippen molar-refractivity contribution in [2.75, 3.05) is 0 Å². The van der Waals surface area contributed by atoms with Crippen LogP contribution in [0.5, 0.6) is 0 Å². The molecule has 0 saturated heterocycles. The lowest BCUT2D eigenvalue weighted by Crippen LogP contribution is -2.39. The van der Waals surface area contributed by atoms with Gasteiger partial charge in [0, 0.05) is 19.5 Å². The first kappa shape index (κ1) is 15.2. The molecule has 4 nitrogen and oxygen atoms in total. The van der Waals surface area contributed by atoms with E-state index in [9.17, 15) is 0 Å². The second-order valence-electron chi connectivity index (χ2n) is 5.23. The minimum absolute atomic E-state index is 0.184. The number of aromatic nitrogens is 2. The first-order chi connectivity index (χ1) is 9.51. The van der Waals surface area contributed by atoms with Crippen molar-refractivity contribution in [3.63, 3.8) is 0 Å². The number of hydrazine groups is 1. The Bertz CT molecular complexity index is 574. The van der Waals surface area contributed by atoms with Crippen molar-refractivity contribution < 1.29 is 0 Å². The van der Waals surface area contributed by atoms with Crippen LogP contribution in [-0.4, -0.2) is 15.8 Å². The van der Waals surface area contributed by atoms with E-state index in [0.717, 1.165) is 28.7 Å². The molecular weight excluding hydrogens is 316 g/mol. The van der Waals surface area contributed by atoms with Gasteiger partial charge in [-0.1, -0.05) is 29.8 Å². The molecule has 0 radical (unpaired) electrons. The Hall–Kier alpha value is -1.17. The maximum atomic E-state index is 5.71. The summed E-state index contributed by atoms with van der Waals surface area (Å²) < 4.78 is 2.99. The summed E-state index contributed by atoms with van der Waals surface area (Å²) in [5, 5.41) is 4.42. The van der Waals surface area contributed by atoms with Crippen molar-refractivity contribution in [1.29, 1.82) is 0 Å². The van der Waals surface area contributed by atoms with Gasteiger partial charge in [-0.15, -0.1) is 0 Å². The number of nitrogens with one attached hydrogen (secondary N) is 1. The topological polar surface area (TPSA) is 55.9 Å². The molecular formula is C15H21BrN4. The predicted octanol–water partition coefficient (Wildman–Crippen LogP) is 2.42. The van der Waals surface area contributed by atoms with Crippen LogP contribution in [0.3, 0.4) is 0 Å². The number of rotatable bonds is 5. The quantitative estimate of drug-likeness (QED) is 0.651. The number of benzene rings is 1. The van der Waals surface area contributed by atoms with Gasteiger partial charge in [-0.05, 0) is 41.8 Å². The third kappa shape index (κ3) is 3.48. The highest BCUT2D eigenvalue weighted by molar-refractivity contribution is 9.10. The molecule has 20 heavy (non-hydrogen) atoms. The third-order valence-corrected chi connectivity index (χ3v) is 4.57. The zero-order valence-corrected chi connectivity index (χ0v) is 13.7. The lowest BCUT2D eigenvalue weighted by molar-refractivity contribution is 0.504. The summed E-state index contributed by atoms with van der Waals surface area (Å²) in [7, 11) is 1.96. The molecule has 0 bridgehead atoms. The lowest BCUT2D eigenvalue weighted by Gasteiger charge is -2.16. The molecule has 5 heteroatoms. The van der Waals surface area contributed by atoms with Crippen LogP contribution in [-0.2, 0) is 19.9 Å². The van der Waals surface area contributed by atoms with Crippen LogP contribution < -0.4 is 11.3 Å². The van der Waals surface area contributed by atoms with E-state index < -0.39 is 0 Å². The van der Waals surface area contributed by atoms with Crippen molar-refractivity contribution in [3.05, 3.63) is 51.3 Å². The predicted molar refractivity (Wildman–Crippen MR) is 85.3 cm³/mol. The molecule has 0 aliphatic carbocycles. The number of hydrogen-bond acceptors (Lipinski definition) is 3. The summed E-state index contributed by atoms with van der Waals surface area (Å²) in [6.07, 6.45) is 1.73. The Morgan fingerprint density at radius 1 is 1.25 bits per heavy atom. The van der Waals surface area contributed by atoms with Crippen molar-refractivity contribution in [3.8, 4) is 0 Å². The average Bonchev–Trinajstić information content (AvgIpc) is 2.66. The minimum atomic E-state index is 0.184. The van der Waals surface area contributed by atoms with E-state index in [1.165, 1.54) is 11.1 Å². The fraction of sp³-hybridized carbons (Fsp3) is 0.400. The fourth-order valence-electron chi connectivity index (χ4n) is 2.33. The van der Waals surface area contributed by atoms with Gasteiger partial charge >= 0.3 is 0 Å². The van der Waals surface area contributed by atoms with Gasteiger partial charge < -0.3 is 0 Å². The number of nitrogens with two attached hydrogens (primary N) is 1. The Morgan fingerprint density at radius 2 is 1.90 bits per heavy atom. The molecule has 1 aromatic heterocycles. The molecule has 0 aliphatic heterocycles. The zero-order chi connectivity index (χ0) is 14.7. The number of hydrogen-bond donors (Lipinski definition) is 2. The molecule has 2 rings (SSSR count). The van der Waals surface area contributed by atoms with Gasteiger partial charge in [-0.2, -0.15) is 5.10 Å². The van der Waals surface area contributed by atoms with E-state index in [1.54, 1.807) is 0 Å². The van der Waals surface area contributed by atoms with Gasteiger partial charge in [0.25, 0.3) is 0 Å². The number of aryl methyl sites for hydroxylation is 3. The Kier molecular flexibility index (Phi) is 4.96. The first-order valence-corrected chi connectivity index (χ1v) is 7.50. The van der Waals surface area contributed by atoms with E-state index >= 15 is 0 Å². The van der Waals surface area contributed by atoms with Crippen molar-refractivity contribution in [2.24, 2.45) is 12.9 Å². The van der Waals surface area contributed by atoms with Crippen molar-refractivity contribution in [1.82, 2.24) is 15.2 Å². The smallest absolute Gasteiger partial charge is 0.0738 e. The van der Waals surface area contributed by atoms with Gasteiger partial charge in [0.15, 0.2) is 0 Å². The van der Waals surface area contributed by atoms with Crippen molar-refractivity contribution >= 4 is 15.9 Å². The maximum absolute atomic E-state index is 5.71. The lowest BCUT2D eigenvalue weighted by atomic mass is 10.0. The molecule has 1 heterocycles. The monoisotopic (exact) mass is 336 g/mol. The molecule has 1 aromatic carbocycles. The summed E-state index contributed by atoms with van der Waals surface area (Å²) in [6, 6.07) is 8.76. The van der Waals surface area contributed by atoms with E-state index in [2.05, 4.69) is 57.6 Å². The Morgan fingerprint density at radius 3 is 2.40 bits per heavy atom.